The van der Waals surface area contributed by atoms with Gasteiger partial charge in [0.1, 0.15) is 0 Å². The van der Waals surface area contributed by atoms with Crippen LogP contribution in [-0.2, 0) is 4.74 Å². The fourth-order valence-corrected chi connectivity index (χ4v) is 2.17. The van der Waals surface area contributed by atoms with Crippen molar-refractivity contribution in [2.75, 3.05) is 6.61 Å². The molecule has 1 atom stereocenters. The predicted molar refractivity (Wildman–Crippen MR) is 64.7 cm³/mol. The van der Waals surface area contributed by atoms with E-state index in [1.807, 2.05) is 13.8 Å². The van der Waals surface area contributed by atoms with E-state index in [1.54, 1.807) is 6.07 Å². The summed E-state index contributed by atoms with van der Waals surface area (Å²) in [5, 5.41) is 2.83. The summed E-state index contributed by atoms with van der Waals surface area (Å²) in [6.45, 7) is 4.57. The molecule has 2 rings (SSSR count). The fraction of sp³-hybridized carbons (Fsp3) is 0.538. The topological polar surface area (TPSA) is 51.2 Å². The van der Waals surface area contributed by atoms with Gasteiger partial charge < -0.3 is 10.1 Å². The Morgan fingerprint density at radius 1 is 1.61 bits per heavy atom. The van der Waals surface area contributed by atoms with Crippen molar-refractivity contribution in [3.05, 3.63) is 29.8 Å². The molecule has 1 aromatic heterocycles. The molecule has 98 valence electrons. The maximum atomic E-state index is 13.3. The average Bonchev–Trinajstić information content (AvgIpc) is 2.28. The molecule has 1 saturated heterocycles. The van der Waals surface area contributed by atoms with E-state index in [-0.39, 0.29) is 17.2 Å². The van der Waals surface area contributed by atoms with Crippen molar-refractivity contribution in [3.8, 4) is 0 Å². The van der Waals surface area contributed by atoms with E-state index in [2.05, 4.69) is 10.3 Å². The molecule has 1 unspecified atom stereocenters. The first kappa shape index (κ1) is 13.0. The van der Waals surface area contributed by atoms with E-state index in [1.165, 1.54) is 12.3 Å². The number of amides is 1. The molecule has 1 N–H and O–H groups in total. The number of hydrogen-bond acceptors (Lipinski definition) is 3. The Kier molecular flexibility index (Phi) is 3.61. The zero-order valence-corrected chi connectivity index (χ0v) is 10.6. The second kappa shape index (κ2) is 5.02. The van der Waals surface area contributed by atoms with Gasteiger partial charge in [-0.3, -0.25) is 4.79 Å². The van der Waals surface area contributed by atoms with Gasteiger partial charge >= 0.3 is 0 Å². The van der Waals surface area contributed by atoms with E-state index in [0.29, 0.717) is 6.61 Å². The van der Waals surface area contributed by atoms with Crippen LogP contribution in [0.4, 0.5) is 4.39 Å². The molecule has 0 bridgehead atoms. The van der Waals surface area contributed by atoms with Crippen molar-refractivity contribution in [2.24, 2.45) is 0 Å². The Balaban J connectivity index is 2.02. The lowest BCUT2D eigenvalue weighted by Crippen LogP contribution is -2.46. The van der Waals surface area contributed by atoms with Crippen LogP contribution in [0.3, 0.4) is 0 Å². The SMILES string of the molecule is CC1(C)CC(NC(=O)c2cccnc2F)CCO1. The minimum Gasteiger partial charge on any atom is -0.375 e. The zero-order valence-electron chi connectivity index (χ0n) is 10.6. The Labute approximate surface area is 106 Å². The lowest BCUT2D eigenvalue weighted by Gasteiger charge is -2.35. The van der Waals surface area contributed by atoms with Crippen molar-refractivity contribution in [3.63, 3.8) is 0 Å². The monoisotopic (exact) mass is 252 g/mol. The largest absolute Gasteiger partial charge is 0.375 e. The van der Waals surface area contributed by atoms with Gasteiger partial charge in [0, 0.05) is 18.8 Å². The Morgan fingerprint density at radius 3 is 3.06 bits per heavy atom. The first-order chi connectivity index (χ1) is 8.48. The van der Waals surface area contributed by atoms with Crippen LogP contribution < -0.4 is 5.32 Å². The molecule has 2 heterocycles. The predicted octanol–water partition coefficient (Wildman–Crippen LogP) is 1.91. The van der Waals surface area contributed by atoms with Crippen LogP contribution in [0.25, 0.3) is 0 Å². The molecular formula is C13H17FN2O2. The van der Waals surface area contributed by atoms with Crippen molar-refractivity contribution in [1.29, 1.82) is 0 Å². The zero-order chi connectivity index (χ0) is 13.2. The molecule has 1 aliphatic heterocycles. The van der Waals surface area contributed by atoms with Crippen LogP contribution in [0.1, 0.15) is 37.0 Å². The van der Waals surface area contributed by atoms with Gasteiger partial charge in [-0.1, -0.05) is 0 Å². The van der Waals surface area contributed by atoms with Gasteiger partial charge in [0.25, 0.3) is 5.91 Å². The number of rotatable bonds is 2. The van der Waals surface area contributed by atoms with Crippen LogP contribution in [0.5, 0.6) is 0 Å². The van der Waals surface area contributed by atoms with Crippen LogP contribution in [0, 0.1) is 5.95 Å². The number of carbonyl (C=O) groups is 1. The lowest BCUT2D eigenvalue weighted by molar-refractivity contribution is -0.0615. The number of carbonyl (C=O) groups excluding carboxylic acids is 1. The summed E-state index contributed by atoms with van der Waals surface area (Å²) in [7, 11) is 0. The molecule has 18 heavy (non-hydrogen) atoms. The molecular weight excluding hydrogens is 235 g/mol. The minimum absolute atomic E-state index is 0.0122. The normalized spacial score (nSPS) is 22.5. The molecule has 5 heteroatoms. The van der Waals surface area contributed by atoms with Gasteiger partial charge in [-0.25, -0.2) is 4.98 Å². The highest BCUT2D eigenvalue weighted by Crippen LogP contribution is 2.24. The molecule has 4 nitrogen and oxygen atoms in total. The average molecular weight is 252 g/mol. The second-order valence-electron chi connectivity index (χ2n) is 5.11. The van der Waals surface area contributed by atoms with Gasteiger partial charge in [-0.05, 0) is 38.8 Å². The number of nitrogens with one attached hydrogen (secondary N) is 1. The summed E-state index contributed by atoms with van der Waals surface area (Å²) in [4.78, 5) is 15.4. The maximum Gasteiger partial charge on any atom is 0.256 e. The van der Waals surface area contributed by atoms with Crippen molar-refractivity contribution >= 4 is 5.91 Å². The minimum atomic E-state index is -0.735. The quantitative estimate of drug-likeness (QED) is 0.818. The highest BCUT2D eigenvalue weighted by molar-refractivity contribution is 5.94. The molecule has 1 fully saturated rings. The first-order valence-corrected chi connectivity index (χ1v) is 6.03. The molecule has 1 aromatic rings. The molecule has 0 aromatic carbocycles. The molecule has 1 aliphatic rings. The van der Waals surface area contributed by atoms with Gasteiger partial charge in [-0.2, -0.15) is 4.39 Å². The number of pyridine rings is 1. The summed E-state index contributed by atoms with van der Waals surface area (Å²) < 4.78 is 18.9. The van der Waals surface area contributed by atoms with Gasteiger partial charge in [0.15, 0.2) is 0 Å². The van der Waals surface area contributed by atoms with Crippen molar-refractivity contribution in [2.45, 2.75) is 38.3 Å². The van der Waals surface area contributed by atoms with E-state index in [9.17, 15) is 9.18 Å². The summed E-state index contributed by atoms with van der Waals surface area (Å²) in [5.74, 6) is -1.15. The molecule has 0 aliphatic carbocycles. The second-order valence-corrected chi connectivity index (χ2v) is 5.11. The van der Waals surface area contributed by atoms with Crippen molar-refractivity contribution in [1.82, 2.24) is 10.3 Å². The maximum absolute atomic E-state index is 13.3. The third-order valence-corrected chi connectivity index (χ3v) is 3.04. The lowest BCUT2D eigenvalue weighted by atomic mass is 9.94. The number of aromatic nitrogens is 1. The number of nitrogens with zero attached hydrogens (tertiary/aromatic N) is 1. The third kappa shape index (κ3) is 3.04. The number of hydrogen-bond donors (Lipinski definition) is 1. The molecule has 0 radical (unpaired) electrons. The van der Waals surface area contributed by atoms with Crippen LogP contribution >= 0.6 is 0 Å². The van der Waals surface area contributed by atoms with Gasteiger partial charge in [0.2, 0.25) is 5.95 Å². The summed E-state index contributed by atoms with van der Waals surface area (Å²) in [5.41, 5.74) is -0.259. The highest BCUT2D eigenvalue weighted by atomic mass is 19.1. The Morgan fingerprint density at radius 2 is 2.39 bits per heavy atom. The Hall–Kier alpha value is -1.49. The van der Waals surface area contributed by atoms with Crippen LogP contribution in [0.2, 0.25) is 0 Å². The summed E-state index contributed by atoms with van der Waals surface area (Å²) in [6.07, 6.45) is 2.79. The Bertz CT molecular complexity index is 448. The fourth-order valence-electron chi connectivity index (χ4n) is 2.17. The molecule has 1 amide bonds. The third-order valence-electron chi connectivity index (χ3n) is 3.04. The van der Waals surface area contributed by atoms with E-state index in [0.717, 1.165) is 12.8 Å². The highest BCUT2D eigenvalue weighted by Gasteiger charge is 2.30. The van der Waals surface area contributed by atoms with E-state index >= 15 is 0 Å². The van der Waals surface area contributed by atoms with Gasteiger partial charge in [0.05, 0.1) is 11.2 Å². The number of halogens is 1. The van der Waals surface area contributed by atoms with Crippen LogP contribution in [0.15, 0.2) is 18.3 Å². The number of ether oxygens (including phenoxy) is 1. The van der Waals surface area contributed by atoms with E-state index < -0.39 is 11.9 Å². The van der Waals surface area contributed by atoms with E-state index in [4.69, 9.17) is 4.74 Å². The van der Waals surface area contributed by atoms with Gasteiger partial charge in [-0.15, -0.1) is 0 Å². The first-order valence-electron chi connectivity index (χ1n) is 6.03. The summed E-state index contributed by atoms with van der Waals surface area (Å²) in [6, 6.07) is 2.99. The molecule has 0 spiro atoms. The standard InChI is InChI=1S/C13H17FN2O2/c1-13(2)8-9(5-7-18-13)16-12(17)10-4-3-6-15-11(10)14/h3-4,6,9H,5,7-8H2,1-2H3,(H,16,17). The molecule has 0 saturated carbocycles. The summed E-state index contributed by atoms with van der Waals surface area (Å²) >= 11 is 0. The van der Waals surface area contributed by atoms with Crippen molar-refractivity contribution < 1.29 is 13.9 Å². The smallest absolute Gasteiger partial charge is 0.256 e. The van der Waals surface area contributed by atoms with Crippen LogP contribution in [-0.4, -0.2) is 29.1 Å².